The van der Waals surface area contributed by atoms with E-state index in [2.05, 4.69) is 21.9 Å². The summed E-state index contributed by atoms with van der Waals surface area (Å²) in [5.74, 6) is 4.25. The maximum absolute atomic E-state index is 13.5. The van der Waals surface area contributed by atoms with Crippen molar-refractivity contribution in [3.63, 3.8) is 0 Å². The first-order valence-corrected chi connectivity index (χ1v) is 13.9. The molecule has 5 heterocycles. The van der Waals surface area contributed by atoms with Crippen LogP contribution in [0.3, 0.4) is 0 Å². The molecule has 6 fully saturated rings. The number of anilines is 1. The van der Waals surface area contributed by atoms with Crippen LogP contribution < -0.4 is 14.4 Å². The lowest BCUT2D eigenvalue weighted by Gasteiger charge is -2.58. The van der Waals surface area contributed by atoms with Gasteiger partial charge in [0.05, 0.1) is 51.2 Å². The Kier molecular flexibility index (Phi) is 4.56. The molecule has 192 valence electrons. The van der Waals surface area contributed by atoms with Gasteiger partial charge in [0, 0.05) is 30.0 Å². The normalized spacial score (nSPS) is 44.1. The minimum atomic E-state index is -0.0242. The van der Waals surface area contributed by atoms with E-state index in [9.17, 15) is 4.79 Å². The fourth-order valence-electron chi connectivity index (χ4n) is 9.54. The van der Waals surface area contributed by atoms with Gasteiger partial charge in [-0.3, -0.25) is 9.69 Å². The smallest absolute Gasteiger partial charge is 0.229 e. The lowest BCUT2D eigenvalue weighted by Crippen LogP contribution is -2.69. The molecular weight excluding hydrogens is 456 g/mol. The third-order valence-electron chi connectivity index (χ3n) is 11.1. The second kappa shape index (κ2) is 7.49. The highest BCUT2D eigenvalue weighted by Gasteiger charge is 2.71. The molecule has 36 heavy (non-hydrogen) atoms. The summed E-state index contributed by atoms with van der Waals surface area (Å²) in [5.41, 5.74) is 3.85. The van der Waals surface area contributed by atoms with Crippen molar-refractivity contribution in [3.05, 3.63) is 29.3 Å². The quantitative estimate of drug-likeness (QED) is 0.641. The highest BCUT2D eigenvalue weighted by atomic mass is 16.5. The van der Waals surface area contributed by atoms with Crippen LogP contribution in [-0.2, 0) is 14.9 Å². The summed E-state index contributed by atoms with van der Waals surface area (Å²) in [7, 11) is 3.36. The number of nitrogens with zero attached hydrogens (tertiary/aromatic N) is 2. The maximum atomic E-state index is 13.5. The highest BCUT2D eigenvalue weighted by molar-refractivity contribution is 5.99. The molecule has 5 aliphatic heterocycles. The molecule has 3 saturated carbocycles. The van der Waals surface area contributed by atoms with E-state index >= 15 is 0 Å². The Labute approximate surface area is 212 Å². The van der Waals surface area contributed by atoms with Crippen molar-refractivity contribution in [1.29, 1.82) is 0 Å². The van der Waals surface area contributed by atoms with Gasteiger partial charge in [-0.25, -0.2) is 0 Å². The molecule has 9 atom stereocenters. The van der Waals surface area contributed by atoms with Crippen molar-refractivity contribution in [2.75, 3.05) is 38.8 Å². The maximum Gasteiger partial charge on any atom is 0.229 e. The summed E-state index contributed by atoms with van der Waals surface area (Å²) in [4.78, 5) is 18.3. The summed E-state index contributed by atoms with van der Waals surface area (Å²) in [6.07, 6.45) is 8.89. The number of carbonyl (C=O) groups excluding carboxylic acids is 1. The van der Waals surface area contributed by atoms with Crippen molar-refractivity contribution in [3.8, 4) is 11.5 Å². The molecule has 2 bridgehead atoms. The third kappa shape index (κ3) is 2.67. The molecule has 9 rings (SSSR count). The lowest BCUT2D eigenvalue weighted by molar-refractivity contribution is -0.132. The highest BCUT2D eigenvalue weighted by Crippen LogP contribution is 2.66. The first-order valence-electron chi connectivity index (χ1n) is 13.9. The number of fused-ring (bicyclic) bond motifs is 3. The average Bonchev–Trinajstić information content (AvgIpc) is 3.38. The third-order valence-corrected chi connectivity index (χ3v) is 11.1. The summed E-state index contributed by atoms with van der Waals surface area (Å²) in [5, 5.41) is 9.04. The number of carbonyl (C=O) groups is 1. The van der Waals surface area contributed by atoms with Gasteiger partial charge in [0.1, 0.15) is 0 Å². The number of benzene rings is 1. The standard InChI is InChI=1S/C23H26N2O4.C6H10O/c1-27-16-8-14-15(9-17(16)28-2)25-20(26)10-18-21-13-7-19-23(14,22(21)25)4-5-24(19)11-12(13)3-6-29-18;7-6-2-1-4-3-5(4)6/h3,8-9,13,18-19,21-22H,4-7,10-11H2,1-2H3;4-7H,1-3H2/t13?,18-,19-,21-,22-,23?;/m0./s1. The van der Waals surface area contributed by atoms with Crippen molar-refractivity contribution in [2.24, 2.45) is 23.7 Å². The molecule has 0 radical (unpaired) electrons. The van der Waals surface area contributed by atoms with E-state index in [1.807, 2.05) is 6.07 Å². The second-order valence-corrected chi connectivity index (χ2v) is 12.3. The first-order chi connectivity index (χ1) is 17.5. The molecule has 8 aliphatic rings. The van der Waals surface area contributed by atoms with Crippen LogP contribution in [-0.4, -0.2) is 74.1 Å². The number of amides is 1. The van der Waals surface area contributed by atoms with Crippen molar-refractivity contribution < 1.29 is 24.1 Å². The average molecular weight is 493 g/mol. The SMILES string of the molecule is COc1cc2c(cc1OC)C13CCN4CC5=CCO[C@H]6CC(=O)N2[C@H]1[C@H]6C5C[C@H]43.OC1CCC2CC12. The van der Waals surface area contributed by atoms with Gasteiger partial charge in [-0.05, 0) is 68.0 Å². The van der Waals surface area contributed by atoms with Gasteiger partial charge < -0.3 is 24.2 Å². The molecule has 3 aliphatic carbocycles. The fourth-order valence-corrected chi connectivity index (χ4v) is 9.54. The van der Waals surface area contributed by atoms with E-state index in [1.165, 1.54) is 24.8 Å². The van der Waals surface area contributed by atoms with Gasteiger partial charge in [-0.15, -0.1) is 0 Å². The summed E-state index contributed by atoms with van der Waals surface area (Å²) in [6.45, 7) is 2.80. The minimum Gasteiger partial charge on any atom is -0.493 e. The van der Waals surface area contributed by atoms with Crippen LogP contribution >= 0.6 is 0 Å². The summed E-state index contributed by atoms with van der Waals surface area (Å²) < 4.78 is 17.6. The molecule has 1 aromatic rings. The predicted molar refractivity (Wildman–Crippen MR) is 133 cm³/mol. The zero-order chi connectivity index (χ0) is 24.3. The Balaban J connectivity index is 0.000000252. The van der Waals surface area contributed by atoms with E-state index in [4.69, 9.17) is 19.3 Å². The minimum absolute atomic E-state index is 0.0242. The Morgan fingerprint density at radius 2 is 1.97 bits per heavy atom. The number of hydrogen-bond donors (Lipinski definition) is 1. The molecule has 1 spiro atoms. The van der Waals surface area contributed by atoms with Crippen LogP contribution in [0.4, 0.5) is 5.69 Å². The molecule has 7 nitrogen and oxygen atoms in total. The zero-order valence-electron chi connectivity index (χ0n) is 21.2. The van der Waals surface area contributed by atoms with Crippen LogP contribution in [0, 0.1) is 23.7 Å². The number of aliphatic hydroxyl groups excluding tert-OH is 1. The van der Waals surface area contributed by atoms with Crippen molar-refractivity contribution >= 4 is 11.6 Å². The molecule has 7 heteroatoms. The summed E-state index contributed by atoms with van der Waals surface area (Å²) in [6, 6.07) is 4.87. The van der Waals surface area contributed by atoms with Crippen LogP contribution in [0.5, 0.6) is 11.5 Å². The predicted octanol–water partition coefficient (Wildman–Crippen LogP) is 2.89. The van der Waals surface area contributed by atoms with Gasteiger partial charge >= 0.3 is 0 Å². The molecule has 1 amide bonds. The van der Waals surface area contributed by atoms with Gasteiger partial charge in [-0.2, -0.15) is 0 Å². The Morgan fingerprint density at radius 1 is 1.14 bits per heavy atom. The zero-order valence-corrected chi connectivity index (χ0v) is 21.2. The lowest BCUT2D eigenvalue weighted by atomic mass is 9.53. The number of rotatable bonds is 2. The van der Waals surface area contributed by atoms with Gasteiger partial charge in [-0.1, -0.05) is 11.6 Å². The molecule has 1 aromatic carbocycles. The topological polar surface area (TPSA) is 71.5 Å². The monoisotopic (exact) mass is 492 g/mol. The molecular formula is C29H36N2O5. The number of hydrogen-bond acceptors (Lipinski definition) is 6. The van der Waals surface area contributed by atoms with E-state index in [0.717, 1.165) is 49.2 Å². The fraction of sp³-hybridized carbons (Fsp3) is 0.690. The van der Waals surface area contributed by atoms with E-state index in [-0.39, 0.29) is 29.6 Å². The largest absolute Gasteiger partial charge is 0.493 e. The van der Waals surface area contributed by atoms with Gasteiger partial charge in [0.25, 0.3) is 0 Å². The molecule has 3 saturated heterocycles. The first kappa shape index (κ1) is 21.9. The Hall–Kier alpha value is -2.09. The molecule has 5 unspecified atom stereocenters. The Bertz CT molecular complexity index is 1170. The number of piperidine rings is 2. The van der Waals surface area contributed by atoms with Crippen LogP contribution in [0.25, 0.3) is 0 Å². The van der Waals surface area contributed by atoms with Gasteiger partial charge in [0.2, 0.25) is 5.91 Å². The van der Waals surface area contributed by atoms with E-state index < -0.39 is 0 Å². The molecule has 1 N–H and O–H groups in total. The van der Waals surface area contributed by atoms with Crippen LogP contribution in [0.1, 0.15) is 44.1 Å². The van der Waals surface area contributed by atoms with Crippen LogP contribution in [0.15, 0.2) is 23.8 Å². The number of methoxy groups -OCH3 is 2. The summed E-state index contributed by atoms with van der Waals surface area (Å²) >= 11 is 0. The van der Waals surface area contributed by atoms with Crippen LogP contribution in [0.2, 0.25) is 0 Å². The number of ether oxygens (including phenoxy) is 3. The van der Waals surface area contributed by atoms with E-state index in [0.29, 0.717) is 36.7 Å². The Morgan fingerprint density at radius 3 is 2.67 bits per heavy atom. The van der Waals surface area contributed by atoms with E-state index in [1.54, 1.807) is 19.8 Å². The van der Waals surface area contributed by atoms with Gasteiger partial charge in [0.15, 0.2) is 11.5 Å². The molecule has 0 aromatic heterocycles. The number of aliphatic hydroxyl groups is 1. The second-order valence-electron chi connectivity index (χ2n) is 12.3. The van der Waals surface area contributed by atoms with Crippen molar-refractivity contribution in [1.82, 2.24) is 4.90 Å². The van der Waals surface area contributed by atoms with Crippen molar-refractivity contribution in [2.45, 2.75) is 68.2 Å².